The van der Waals surface area contributed by atoms with Gasteiger partial charge in [-0.05, 0) is 37.1 Å². The number of rotatable bonds is 2. The van der Waals surface area contributed by atoms with Crippen molar-refractivity contribution in [3.8, 4) is 23.0 Å². The predicted molar refractivity (Wildman–Crippen MR) is 76.5 cm³/mol. The van der Waals surface area contributed by atoms with Crippen molar-refractivity contribution in [2.45, 2.75) is 26.7 Å². The molecule has 0 amide bonds. The number of phenolic OH excluding ortho intramolecular Hbond substituents is 4. The molecule has 0 fully saturated rings. The summed E-state index contributed by atoms with van der Waals surface area (Å²) < 4.78 is 0. The van der Waals surface area contributed by atoms with Crippen LogP contribution >= 0.6 is 0 Å². The lowest BCUT2D eigenvalue weighted by Gasteiger charge is -2.18. The fraction of sp³-hybridized carbons (Fsp3) is 0.250. The molecule has 20 heavy (non-hydrogen) atoms. The summed E-state index contributed by atoms with van der Waals surface area (Å²) in [6, 6.07) is 5.98. The number of aromatic hydroxyl groups is 4. The monoisotopic (exact) mass is 274 g/mol. The van der Waals surface area contributed by atoms with Crippen LogP contribution in [-0.2, 0) is 0 Å². The molecule has 106 valence electrons. The molecule has 4 N–H and O–H groups in total. The van der Waals surface area contributed by atoms with E-state index in [0.717, 1.165) is 0 Å². The summed E-state index contributed by atoms with van der Waals surface area (Å²) in [6.45, 7) is 5.33. The van der Waals surface area contributed by atoms with Crippen LogP contribution in [0.4, 0.5) is 0 Å². The molecule has 0 saturated heterocycles. The zero-order valence-corrected chi connectivity index (χ0v) is 11.7. The van der Waals surface area contributed by atoms with Crippen LogP contribution in [0.3, 0.4) is 0 Å². The van der Waals surface area contributed by atoms with E-state index in [1.54, 1.807) is 26.0 Å². The molecular weight excluding hydrogens is 256 g/mol. The first kappa shape index (κ1) is 14.1. The molecule has 0 aliphatic heterocycles. The Hall–Kier alpha value is -2.36. The molecule has 4 nitrogen and oxygen atoms in total. The first-order valence-corrected chi connectivity index (χ1v) is 6.36. The van der Waals surface area contributed by atoms with Crippen LogP contribution in [0.15, 0.2) is 24.3 Å². The van der Waals surface area contributed by atoms with E-state index in [1.807, 2.05) is 6.92 Å². The number of aryl methyl sites for hydroxylation is 2. The molecule has 0 radical (unpaired) electrons. The zero-order valence-electron chi connectivity index (χ0n) is 11.7. The largest absolute Gasteiger partial charge is 0.508 e. The van der Waals surface area contributed by atoms with Crippen molar-refractivity contribution in [3.63, 3.8) is 0 Å². The molecule has 0 aliphatic rings. The van der Waals surface area contributed by atoms with Crippen LogP contribution in [0.1, 0.15) is 35.1 Å². The van der Waals surface area contributed by atoms with Crippen molar-refractivity contribution in [2.24, 2.45) is 0 Å². The van der Waals surface area contributed by atoms with Crippen molar-refractivity contribution in [2.75, 3.05) is 0 Å². The average molecular weight is 274 g/mol. The van der Waals surface area contributed by atoms with Gasteiger partial charge in [0.1, 0.15) is 23.0 Å². The average Bonchev–Trinajstić information content (AvgIpc) is 2.37. The van der Waals surface area contributed by atoms with E-state index in [-0.39, 0.29) is 28.9 Å². The van der Waals surface area contributed by atoms with Gasteiger partial charge < -0.3 is 20.4 Å². The first-order chi connectivity index (χ1) is 9.31. The van der Waals surface area contributed by atoms with Gasteiger partial charge in [-0.2, -0.15) is 0 Å². The van der Waals surface area contributed by atoms with E-state index < -0.39 is 0 Å². The Morgan fingerprint density at radius 1 is 0.650 bits per heavy atom. The van der Waals surface area contributed by atoms with Gasteiger partial charge in [-0.15, -0.1) is 0 Å². The van der Waals surface area contributed by atoms with Crippen molar-refractivity contribution in [1.29, 1.82) is 0 Å². The summed E-state index contributed by atoms with van der Waals surface area (Å²) in [4.78, 5) is 0. The fourth-order valence-corrected chi connectivity index (χ4v) is 2.28. The van der Waals surface area contributed by atoms with Crippen LogP contribution in [0, 0.1) is 13.8 Å². The van der Waals surface area contributed by atoms with Crippen LogP contribution < -0.4 is 0 Å². The third kappa shape index (κ3) is 2.37. The lowest BCUT2D eigenvalue weighted by atomic mass is 9.89. The summed E-state index contributed by atoms with van der Waals surface area (Å²) in [6.07, 6.45) is 0. The Bertz CT molecular complexity index is 605. The van der Waals surface area contributed by atoms with Gasteiger partial charge in [0, 0.05) is 29.2 Å². The summed E-state index contributed by atoms with van der Waals surface area (Å²) >= 11 is 0. The molecular formula is C16H18O4. The third-order valence-corrected chi connectivity index (χ3v) is 3.62. The lowest BCUT2D eigenvalue weighted by molar-refractivity contribution is 0.436. The van der Waals surface area contributed by atoms with Gasteiger partial charge in [-0.25, -0.2) is 0 Å². The highest BCUT2D eigenvalue weighted by molar-refractivity contribution is 5.53. The Balaban J connectivity index is 2.54. The summed E-state index contributed by atoms with van der Waals surface area (Å²) in [5.41, 5.74) is 2.53. The maximum absolute atomic E-state index is 9.97. The maximum Gasteiger partial charge on any atom is 0.123 e. The van der Waals surface area contributed by atoms with Gasteiger partial charge in [0.25, 0.3) is 0 Å². The normalized spacial score (nSPS) is 11.0. The Morgan fingerprint density at radius 2 is 1.00 bits per heavy atom. The highest BCUT2D eigenvalue weighted by Crippen LogP contribution is 2.40. The molecule has 0 spiro atoms. The third-order valence-electron chi connectivity index (χ3n) is 3.62. The van der Waals surface area contributed by atoms with E-state index >= 15 is 0 Å². The highest BCUT2D eigenvalue weighted by Gasteiger charge is 2.19. The van der Waals surface area contributed by atoms with Crippen LogP contribution in [-0.4, -0.2) is 20.4 Å². The van der Waals surface area contributed by atoms with Gasteiger partial charge in [0.2, 0.25) is 0 Å². The first-order valence-electron chi connectivity index (χ1n) is 6.36. The molecule has 4 heteroatoms. The molecule has 0 aromatic heterocycles. The molecule has 0 unspecified atom stereocenters. The fourth-order valence-electron chi connectivity index (χ4n) is 2.28. The Labute approximate surface area is 117 Å². The van der Waals surface area contributed by atoms with E-state index in [4.69, 9.17) is 0 Å². The quantitative estimate of drug-likeness (QED) is 0.677. The number of phenols is 4. The Morgan fingerprint density at radius 3 is 1.35 bits per heavy atom. The number of hydrogen-bond donors (Lipinski definition) is 4. The molecule has 2 aromatic rings. The Kier molecular flexibility index (Phi) is 3.49. The molecule has 0 atom stereocenters. The van der Waals surface area contributed by atoms with Gasteiger partial charge in [-0.1, -0.05) is 6.92 Å². The van der Waals surface area contributed by atoms with E-state index in [1.165, 1.54) is 12.1 Å². The van der Waals surface area contributed by atoms with E-state index in [9.17, 15) is 20.4 Å². The lowest BCUT2D eigenvalue weighted by Crippen LogP contribution is -1.99. The van der Waals surface area contributed by atoms with Crippen molar-refractivity contribution >= 4 is 0 Å². The zero-order chi connectivity index (χ0) is 15.0. The maximum atomic E-state index is 9.97. The smallest absolute Gasteiger partial charge is 0.123 e. The standard InChI is InChI=1S/C16H18O4/c1-8-4-11(15(19)6-13(8)17)10(3)12-5-9(2)14(18)7-16(12)20/h4-7,10,17-20H,1-3H3. The van der Waals surface area contributed by atoms with Crippen LogP contribution in [0.5, 0.6) is 23.0 Å². The van der Waals surface area contributed by atoms with E-state index in [2.05, 4.69) is 0 Å². The van der Waals surface area contributed by atoms with Crippen molar-refractivity contribution < 1.29 is 20.4 Å². The van der Waals surface area contributed by atoms with Crippen LogP contribution in [0.25, 0.3) is 0 Å². The van der Waals surface area contributed by atoms with Gasteiger partial charge >= 0.3 is 0 Å². The molecule has 0 bridgehead atoms. The summed E-state index contributed by atoms with van der Waals surface area (Å²) in [5.74, 6) is -0.251. The molecule has 0 saturated carbocycles. The SMILES string of the molecule is Cc1cc(C(C)c2cc(C)c(O)cc2O)c(O)cc1O. The minimum absolute atomic E-state index is 0.0225. The van der Waals surface area contributed by atoms with Gasteiger partial charge in [0.05, 0.1) is 0 Å². The second-order valence-electron chi connectivity index (χ2n) is 5.12. The van der Waals surface area contributed by atoms with Crippen molar-refractivity contribution in [1.82, 2.24) is 0 Å². The van der Waals surface area contributed by atoms with Crippen LogP contribution in [0.2, 0.25) is 0 Å². The number of benzene rings is 2. The van der Waals surface area contributed by atoms with Crippen molar-refractivity contribution in [3.05, 3.63) is 46.5 Å². The molecule has 2 aromatic carbocycles. The topological polar surface area (TPSA) is 80.9 Å². The second-order valence-corrected chi connectivity index (χ2v) is 5.12. The molecule has 2 rings (SSSR count). The minimum atomic E-state index is -0.270. The summed E-state index contributed by atoms with van der Waals surface area (Å²) in [5, 5.41) is 39.1. The summed E-state index contributed by atoms with van der Waals surface area (Å²) in [7, 11) is 0. The van der Waals surface area contributed by atoms with Gasteiger partial charge in [-0.3, -0.25) is 0 Å². The molecule has 0 heterocycles. The van der Waals surface area contributed by atoms with Gasteiger partial charge in [0.15, 0.2) is 0 Å². The highest BCUT2D eigenvalue weighted by atomic mass is 16.3. The number of hydrogen-bond acceptors (Lipinski definition) is 4. The predicted octanol–water partition coefficient (Wildman–Crippen LogP) is 3.28. The second kappa shape index (κ2) is 4.96. The van der Waals surface area contributed by atoms with E-state index in [0.29, 0.717) is 22.3 Å². The molecule has 0 aliphatic carbocycles. The minimum Gasteiger partial charge on any atom is -0.508 e.